The smallest absolute Gasteiger partial charge is 0.339 e. The second kappa shape index (κ2) is 8.45. The molecule has 0 atom stereocenters. The Hall–Kier alpha value is -3.19. The van der Waals surface area contributed by atoms with Crippen molar-refractivity contribution in [3.8, 4) is 5.75 Å². The molecule has 1 amide bonds. The van der Waals surface area contributed by atoms with Crippen LogP contribution in [0.3, 0.4) is 0 Å². The average Bonchev–Trinajstić information content (AvgIpc) is 2.69. The molecular formula is C22H20FNO4S. The first-order valence-corrected chi connectivity index (χ1v) is 10.3. The zero-order valence-corrected chi connectivity index (χ0v) is 16.8. The van der Waals surface area contributed by atoms with Crippen LogP contribution in [0.4, 0.5) is 4.39 Å². The number of para-hydroxylation sites is 1. The Labute approximate surface area is 169 Å². The minimum Gasteiger partial charge on any atom is -0.378 e. The van der Waals surface area contributed by atoms with Crippen molar-refractivity contribution in [1.29, 1.82) is 0 Å². The Morgan fingerprint density at radius 2 is 1.69 bits per heavy atom. The SMILES string of the molecule is Cc1ccc(C)c(S(=O)(=O)Oc2ccccc2C(=O)NCc2ccc(F)cc2)c1. The standard InChI is InChI=1S/C22H20FNO4S/c1-15-7-8-16(2)21(13-15)29(26,27)28-20-6-4-3-5-19(20)22(25)24-14-17-9-11-18(23)12-10-17/h3-13H,14H2,1-2H3,(H,24,25). The van der Waals surface area contributed by atoms with Crippen molar-refractivity contribution in [3.05, 3.63) is 94.8 Å². The number of hydrogen-bond acceptors (Lipinski definition) is 4. The third kappa shape index (κ3) is 5.00. The summed E-state index contributed by atoms with van der Waals surface area (Å²) in [6.45, 7) is 3.63. The van der Waals surface area contributed by atoms with Crippen molar-refractivity contribution in [2.24, 2.45) is 0 Å². The Kier molecular flexibility index (Phi) is 5.98. The predicted molar refractivity (Wildman–Crippen MR) is 108 cm³/mol. The molecule has 0 spiro atoms. The minimum atomic E-state index is -4.12. The lowest BCUT2D eigenvalue weighted by Crippen LogP contribution is -2.24. The Morgan fingerprint density at radius 3 is 2.41 bits per heavy atom. The lowest BCUT2D eigenvalue weighted by atomic mass is 10.1. The summed E-state index contributed by atoms with van der Waals surface area (Å²) in [5.74, 6) is -0.929. The van der Waals surface area contributed by atoms with Gasteiger partial charge in [-0.1, -0.05) is 36.4 Å². The van der Waals surface area contributed by atoms with E-state index >= 15 is 0 Å². The number of rotatable bonds is 6. The fraction of sp³-hybridized carbons (Fsp3) is 0.136. The first-order valence-electron chi connectivity index (χ1n) is 8.90. The Bertz CT molecular complexity index is 1140. The maximum absolute atomic E-state index is 13.0. The van der Waals surface area contributed by atoms with E-state index in [0.717, 1.165) is 5.56 Å². The maximum atomic E-state index is 13.0. The number of halogens is 1. The van der Waals surface area contributed by atoms with Crippen molar-refractivity contribution in [1.82, 2.24) is 5.32 Å². The number of nitrogens with one attached hydrogen (secondary N) is 1. The van der Waals surface area contributed by atoms with Crippen LogP contribution in [-0.4, -0.2) is 14.3 Å². The topological polar surface area (TPSA) is 72.5 Å². The van der Waals surface area contributed by atoms with Gasteiger partial charge in [0.15, 0.2) is 5.75 Å². The van der Waals surface area contributed by atoms with Crippen molar-refractivity contribution >= 4 is 16.0 Å². The van der Waals surface area contributed by atoms with Gasteiger partial charge in [-0.05, 0) is 60.9 Å². The fourth-order valence-electron chi connectivity index (χ4n) is 2.75. The molecule has 150 valence electrons. The first kappa shape index (κ1) is 20.5. The maximum Gasteiger partial charge on any atom is 0.339 e. The van der Waals surface area contributed by atoms with Crippen LogP contribution < -0.4 is 9.50 Å². The van der Waals surface area contributed by atoms with Crippen molar-refractivity contribution in [2.45, 2.75) is 25.3 Å². The summed E-state index contributed by atoms with van der Waals surface area (Å²) in [6, 6.07) is 16.9. The highest BCUT2D eigenvalue weighted by atomic mass is 32.2. The quantitative estimate of drug-likeness (QED) is 0.617. The van der Waals surface area contributed by atoms with E-state index < -0.39 is 16.0 Å². The van der Waals surface area contributed by atoms with Gasteiger partial charge < -0.3 is 9.50 Å². The van der Waals surface area contributed by atoms with Crippen LogP contribution >= 0.6 is 0 Å². The van der Waals surface area contributed by atoms with Gasteiger partial charge in [0, 0.05) is 6.54 Å². The van der Waals surface area contributed by atoms with Crippen LogP contribution in [0.5, 0.6) is 5.75 Å². The summed E-state index contributed by atoms with van der Waals surface area (Å²) in [5.41, 5.74) is 2.13. The predicted octanol–water partition coefficient (Wildman–Crippen LogP) is 4.14. The number of hydrogen-bond donors (Lipinski definition) is 1. The van der Waals surface area contributed by atoms with Crippen LogP contribution in [0.1, 0.15) is 27.0 Å². The van der Waals surface area contributed by atoms with E-state index in [1.165, 1.54) is 30.3 Å². The minimum absolute atomic E-state index is 0.0547. The molecule has 0 fully saturated rings. The van der Waals surface area contributed by atoms with Crippen molar-refractivity contribution in [3.63, 3.8) is 0 Å². The van der Waals surface area contributed by atoms with Crippen LogP contribution in [0.2, 0.25) is 0 Å². The molecule has 3 aromatic carbocycles. The molecule has 0 heterocycles. The van der Waals surface area contributed by atoms with Crippen LogP contribution in [-0.2, 0) is 16.7 Å². The molecule has 3 rings (SSSR count). The highest BCUT2D eigenvalue weighted by Crippen LogP contribution is 2.25. The molecule has 29 heavy (non-hydrogen) atoms. The molecule has 0 bridgehead atoms. The van der Waals surface area contributed by atoms with Gasteiger partial charge in [0.1, 0.15) is 10.7 Å². The van der Waals surface area contributed by atoms with Gasteiger partial charge in [0.05, 0.1) is 5.56 Å². The Balaban J connectivity index is 1.82. The average molecular weight is 413 g/mol. The van der Waals surface area contributed by atoms with E-state index in [1.807, 2.05) is 6.07 Å². The van der Waals surface area contributed by atoms with Crippen LogP contribution in [0.15, 0.2) is 71.6 Å². The zero-order valence-electron chi connectivity index (χ0n) is 16.0. The van der Waals surface area contributed by atoms with E-state index in [0.29, 0.717) is 11.1 Å². The molecular weight excluding hydrogens is 393 g/mol. The van der Waals surface area contributed by atoms with Crippen molar-refractivity contribution in [2.75, 3.05) is 0 Å². The summed E-state index contributed by atoms with van der Waals surface area (Å²) in [5, 5.41) is 2.68. The molecule has 0 saturated carbocycles. The third-order valence-corrected chi connectivity index (χ3v) is 5.69. The third-order valence-electron chi connectivity index (χ3n) is 4.31. The molecule has 1 N–H and O–H groups in total. The Morgan fingerprint density at radius 1 is 1.00 bits per heavy atom. The van der Waals surface area contributed by atoms with E-state index in [2.05, 4.69) is 5.32 Å². The van der Waals surface area contributed by atoms with Gasteiger partial charge in [0.25, 0.3) is 5.91 Å². The van der Waals surface area contributed by atoms with Gasteiger partial charge >= 0.3 is 10.1 Å². The van der Waals surface area contributed by atoms with Crippen molar-refractivity contribution < 1.29 is 21.8 Å². The molecule has 0 aromatic heterocycles. The fourth-order valence-corrected chi connectivity index (χ4v) is 4.01. The summed E-state index contributed by atoms with van der Waals surface area (Å²) in [6.07, 6.45) is 0. The summed E-state index contributed by atoms with van der Waals surface area (Å²) in [4.78, 5) is 12.6. The summed E-state index contributed by atoms with van der Waals surface area (Å²) >= 11 is 0. The molecule has 5 nitrogen and oxygen atoms in total. The van der Waals surface area contributed by atoms with Crippen LogP contribution in [0, 0.1) is 19.7 Å². The molecule has 0 radical (unpaired) electrons. The zero-order chi connectivity index (χ0) is 21.0. The number of amides is 1. The highest BCUT2D eigenvalue weighted by Gasteiger charge is 2.22. The van der Waals surface area contributed by atoms with Crippen LogP contribution in [0.25, 0.3) is 0 Å². The molecule has 0 saturated heterocycles. The van der Waals surface area contributed by atoms with E-state index in [9.17, 15) is 17.6 Å². The largest absolute Gasteiger partial charge is 0.378 e. The molecule has 0 aliphatic heterocycles. The van der Waals surface area contributed by atoms with Gasteiger partial charge in [-0.2, -0.15) is 8.42 Å². The van der Waals surface area contributed by atoms with E-state index in [-0.39, 0.29) is 28.6 Å². The second-order valence-corrected chi connectivity index (χ2v) is 8.13. The second-order valence-electron chi connectivity index (χ2n) is 6.61. The van der Waals surface area contributed by atoms with Gasteiger partial charge in [0.2, 0.25) is 0 Å². The normalized spacial score (nSPS) is 11.1. The molecule has 3 aromatic rings. The van der Waals surface area contributed by atoms with Gasteiger partial charge in [-0.25, -0.2) is 4.39 Å². The molecule has 0 aliphatic carbocycles. The van der Waals surface area contributed by atoms with E-state index in [1.54, 1.807) is 44.2 Å². The molecule has 7 heteroatoms. The van der Waals surface area contributed by atoms with E-state index in [4.69, 9.17) is 4.18 Å². The lowest BCUT2D eigenvalue weighted by molar-refractivity contribution is 0.0949. The van der Waals surface area contributed by atoms with Gasteiger partial charge in [-0.3, -0.25) is 4.79 Å². The monoisotopic (exact) mass is 413 g/mol. The number of benzene rings is 3. The number of aryl methyl sites for hydroxylation is 2. The lowest BCUT2D eigenvalue weighted by Gasteiger charge is -2.13. The summed E-state index contributed by atoms with van der Waals surface area (Å²) < 4.78 is 43.8. The number of carbonyl (C=O) groups is 1. The van der Waals surface area contributed by atoms with Gasteiger partial charge in [-0.15, -0.1) is 0 Å². The first-order chi connectivity index (χ1) is 13.8. The summed E-state index contributed by atoms with van der Waals surface area (Å²) in [7, 11) is -4.12. The molecule has 0 unspecified atom stereocenters. The molecule has 0 aliphatic rings. The number of carbonyl (C=O) groups excluding carboxylic acids is 1. The highest BCUT2D eigenvalue weighted by molar-refractivity contribution is 7.87.